The van der Waals surface area contributed by atoms with Crippen LogP contribution < -0.4 is 15.4 Å². The minimum Gasteiger partial charge on any atom is -0.485 e. The molecule has 1 aromatic carbocycles. The fourth-order valence-electron chi connectivity index (χ4n) is 3.85. The molecule has 0 unspecified atom stereocenters. The Bertz CT molecular complexity index is 886. The van der Waals surface area contributed by atoms with E-state index in [0.29, 0.717) is 30.1 Å². The highest BCUT2D eigenvalue weighted by Gasteiger charge is 2.36. The monoisotopic (exact) mass is 460 g/mol. The average Bonchev–Trinajstić information content (AvgIpc) is 3.61. The van der Waals surface area contributed by atoms with Gasteiger partial charge in [0.25, 0.3) is 5.91 Å². The molecule has 3 atom stereocenters. The number of aliphatic hydroxyl groups is 1. The number of nitrogens with one attached hydrogen (secondary N) is 2. The van der Waals surface area contributed by atoms with E-state index in [1.54, 1.807) is 42.0 Å². The van der Waals surface area contributed by atoms with Gasteiger partial charge in [-0.1, -0.05) is 13.0 Å². The summed E-state index contributed by atoms with van der Waals surface area (Å²) in [7, 11) is 1.70. The summed E-state index contributed by atoms with van der Waals surface area (Å²) >= 11 is 0. The maximum absolute atomic E-state index is 13.4. The van der Waals surface area contributed by atoms with E-state index in [0.717, 1.165) is 12.8 Å². The number of benzene rings is 1. The van der Waals surface area contributed by atoms with Gasteiger partial charge in [0, 0.05) is 31.5 Å². The highest BCUT2D eigenvalue weighted by atomic mass is 16.5. The maximum atomic E-state index is 13.4. The van der Waals surface area contributed by atoms with E-state index in [9.17, 15) is 19.5 Å². The average molecular weight is 461 g/mol. The number of hydrogen-bond acceptors (Lipinski definition) is 5. The third kappa shape index (κ3) is 5.96. The number of rotatable bonds is 7. The Balaban J connectivity index is 1.96. The number of carbonyl (C=O) groups is 3. The zero-order valence-corrected chi connectivity index (χ0v) is 20.1. The molecule has 182 valence electrons. The Labute approximate surface area is 195 Å². The topological polar surface area (TPSA) is 111 Å². The molecule has 3 N–H and O–H groups in total. The Morgan fingerprint density at radius 1 is 1.27 bits per heavy atom. The van der Waals surface area contributed by atoms with Crippen LogP contribution in [-0.2, 0) is 4.79 Å². The molecule has 9 nitrogen and oxygen atoms in total. The van der Waals surface area contributed by atoms with E-state index < -0.39 is 12.1 Å². The van der Waals surface area contributed by atoms with Crippen LogP contribution in [0, 0.1) is 11.8 Å². The summed E-state index contributed by atoms with van der Waals surface area (Å²) in [5, 5.41) is 15.6. The van der Waals surface area contributed by atoms with E-state index in [1.807, 2.05) is 20.8 Å². The van der Waals surface area contributed by atoms with Gasteiger partial charge < -0.3 is 30.3 Å². The molecule has 0 saturated heterocycles. The lowest BCUT2D eigenvalue weighted by molar-refractivity contribution is -0.117. The van der Waals surface area contributed by atoms with Crippen molar-refractivity contribution >= 4 is 23.5 Å². The molecule has 1 saturated carbocycles. The molecular formula is C24H36N4O5. The van der Waals surface area contributed by atoms with Gasteiger partial charge in [-0.3, -0.25) is 9.59 Å². The molecule has 1 fully saturated rings. The number of para-hydroxylation sites is 1. The van der Waals surface area contributed by atoms with Crippen LogP contribution in [0.4, 0.5) is 10.5 Å². The molecule has 1 aromatic rings. The van der Waals surface area contributed by atoms with Gasteiger partial charge in [0.1, 0.15) is 6.10 Å². The Hall–Kier alpha value is -2.81. The summed E-state index contributed by atoms with van der Waals surface area (Å²) in [6.45, 7) is 8.02. The van der Waals surface area contributed by atoms with Gasteiger partial charge in [-0.15, -0.1) is 0 Å². The number of aliphatic hydroxyl groups excluding tert-OH is 1. The van der Waals surface area contributed by atoms with Crippen LogP contribution in [0.1, 0.15) is 50.9 Å². The van der Waals surface area contributed by atoms with Crippen molar-refractivity contribution in [3.05, 3.63) is 23.8 Å². The van der Waals surface area contributed by atoms with Crippen LogP contribution in [0.2, 0.25) is 0 Å². The summed E-state index contributed by atoms with van der Waals surface area (Å²) in [4.78, 5) is 41.6. The first-order valence-corrected chi connectivity index (χ1v) is 11.7. The second-order valence-corrected chi connectivity index (χ2v) is 9.55. The number of amides is 4. The number of hydrogen-bond donors (Lipinski definition) is 3. The van der Waals surface area contributed by atoms with Gasteiger partial charge in [-0.05, 0) is 45.7 Å². The first kappa shape index (κ1) is 24.8. The molecule has 4 amide bonds. The van der Waals surface area contributed by atoms with E-state index >= 15 is 0 Å². The molecule has 0 spiro atoms. The lowest BCUT2D eigenvalue weighted by atomic mass is 9.99. The third-order valence-electron chi connectivity index (χ3n) is 6.11. The van der Waals surface area contributed by atoms with Crippen molar-refractivity contribution in [2.24, 2.45) is 11.8 Å². The minimum atomic E-state index is -0.438. The number of ether oxygens (including phenoxy) is 1. The van der Waals surface area contributed by atoms with Gasteiger partial charge in [0.15, 0.2) is 5.75 Å². The molecule has 2 aliphatic rings. The van der Waals surface area contributed by atoms with Crippen molar-refractivity contribution in [1.82, 2.24) is 15.1 Å². The normalized spacial score (nSPS) is 21.4. The molecule has 0 aromatic heterocycles. The predicted molar refractivity (Wildman–Crippen MR) is 125 cm³/mol. The fraction of sp³-hybridized carbons (Fsp3) is 0.625. The van der Waals surface area contributed by atoms with Gasteiger partial charge in [0.05, 0.1) is 30.4 Å². The number of fused-ring (bicyclic) bond motifs is 1. The summed E-state index contributed by atoms with van der Waals surface area (Å²) in [5.41, 5.74) is 0.776. The molecule has 0 radical (unpaired) electrons. The van der Waals surface area contributed by atoms with Crippen molar-refractivity contribution in [1.29, 1.82) is 0 Å². The van der Waals surface area contributed by atoms with Crippen LogP contribution in [-0.4, -0.2) is 77.7 Å². The Kier molecular flexibility index (Phi) is 7.84. The largest absolute Gasteiger partial charge is 0.485 e. The van der Waals surface area contributed by atoms with Crippen molar-refractivity contribution < 1.29 is 24.2 Å². The standard InChI is InChI=1S/C24H36N4O5/c1-14(2)25-24(32)27(5)12-20-15(3)11-28(16(4)13-29)23(31)18-7-6-8-19(21(18)33-20)26-22(30)17-9-10-17/h6-8,14-17,20,29H,9-13H2,1-5H3,(H,25,32)(H,26,30)/t15-,16-,20+/m1/s1. The lowest BCUT2D eigenvalue weighted by Crippen LogP contribution is -2.51. The van der Waals surface area contributed by atoms with Gasteiger partial charge >= 0.3 is 6.03 Å². The zero-order chi connectivity index (χ0) is 24.3. The first-order valence-electron chi connectivity index (χ1n) is 11.7. The molecule has 1 aliphatic heterocycles. The highest BCUT2D eigenvalue weighted by molar-refractivity contribution is 6.02. The maximum Gasteiger partial charge on any atom is 0.317 e. The number of nitrogens with zero attached hydrogens (tertiary/aromatic N) is 2. The van der Waals surface area contributed by atoms with Crippen LogP contribution in [0.5, 0.6) is 5.75 Å². The number of likely N-dealkylation sites (N-methyl/N-ethyl adjacent to an activating group) is 1. The van der Waals surface area contributed by atoms with Gasteiger partial charge in [0.2, 0.25) is 5.91 Å². The Morgan fingerprint density at radius 2 is 1.97 bits per heavy atom. The summed E-state index contributed by atoms with van der Waals surface area (Å²) in [6, 6.07) is 4.51. The second-order valence-electron chi connectivity index (χ2n) is 9.55. The second kappa shape index (κ2) is 10.4. The van der Waals surface area contributed by atoms with E-state index in [1.165, 1.54) is 0 Å². The molecule has 3 rings (SSSR count). The molecule has 1 aliphatic carbocycles. The lowest BCUT2D eigenvalue weighted by Gasteiger charge is -2.38. The van der Waals surface area contributed by atoms with Gasteiger partial charge in [-0.2, -0.15) is 0 Å². The van der Waals surface area contributed by atoms with Crippen LogP contribution in [0.15, 0.2) is 18.2 Å². The first-order chi connectivity index (χ1) is 15.6. The summed E-state index contributed by atoms with van der Waals surface area (Å²) < 4.78 is 6.39. The van der Waals surface area contributed by atoms with Crippen LogP contribution in [0.25, 0.3) is 0 Å². The molecular weight excluding hydrogens is 424 g/mol. The number of anilines is 1. The summed E-state index contributed by atoms with van der Waals surface area (Å²) in [5.74, 6) is -0.180. The van der Waals surface area contributed by atoms with Crippen molar-refractivity contribution in [3.63, 3.8) is 0 Å². The zero-order valence-electron chi connectivity index (χ0n) is 20.1. The Morgan fingerprint density at radius 3 is 2.58 bits per heavy atom. The summed E-state index contributed by atoms with van der Waals surface area (Å²) in [6.07, 6.45) is 1.28. The number of urea groups is 1. The SMILES string of the molecule is CC(C)NC(=O)N(C)C[C@@H]1Oc2c(NC(=O)C3CC3)cccc2C(=O)N([C@H](C)CO)C[C@H]1C. The third-order valence-corrected chi connectivity index (χ3v) is 6.11. The highest BCUT2D eigenvalue weighted by Crippen LogP contribution is 2.37. The van der Waals surface area contributed by atoms with Crippen molar-refractivity contribution in [3.8, 4) is 5.75 Å². The predicted octanol–water partition coefficient (Wildman–Crippen LogP) is 2.30. The minimum absolute atomic E-state index is 0.000827. The van der Waals surface area contributed by atoms with E-state index in [-0.39, 0.29) is 42.3 Å². The van der Waals surface area contributed by atoms with Crippen molar-refractivity contribution in [2.75, 3.05) is 32.1 Å². The quantitative estimate of drug-likeness (QED) is 0.578. The molecule has 33 heavy (non-hydrogen) atoms. The van der Waals surface area contributed by atoms with Crippen molar-refractivity contribution in [2.45, 2.75) is 58.7 Å². The molecule has 0 bridgehead atoms. The van der Waals surface area contributed by atoms with E-state index in [2.05, 4.69) is 10.6 Å². The fourth-order valence-corrected chi connectivity index (χ4v) is 3.85. The molecule has 1 heterocycles. The molecule has 9 heteroatoms. The smallest absolute Gasteiger partial charge is 0.317 e. The van der Waals surface area contributed by atoms with Crippen LogP contribution in [0.3, 0.4) is 0 Å². The van der Waals surface area contributed by atoms with Crippen LogP contribution >= 0.6 is 0 Å². The van der Waals surface area contributed by atoms with Gasteiger partial charge in [-0.25, -0.2) is 4.79 Å². The van der Waals surface area contributed by atoms with E-state index in [4.69, 9.17) is 4.74 Å². The number of carbonyl (C=O) groups excluding carboxylic acids is 3.